The zero-order valence-electron chi connectivity index (χ0n) is 9.70. The molecule has 0 atom stereocenters. The Kier molecular flexibility index (Phi) is 3.13. The molecule has 16 heavy (non-hydrogen) atoms. The van der Waals surface area contributed by atoms with Gasteiger partial charge in [-0.05, 0) is 35.6 Å². The standard InChI is InChI=1S/C11H15FO3S/c1-7-5-10(16(13,14)15)9(12)6-8(7)11(2,3)4/h5-6H,1-4H3,(H,13,14,15). The maximum atomic E-state index is 13.5. The quantitative estimate of drug-likeness (QED) is 0.775. The Morgan fingerprint density at radius 1 is 1.25 bits per heavy atom. The van der Waals surface area contributed by atoms with E-state index >= 15 is 0 Å². The molecule has 3 nitrogen and oxygen atoms in total. The molecule has 1 N–H and O–H groups in total. The Balaban J connectivity index is 3.52. The summed E-state index contributed by atoms with van der Waals surface area (Å²) in [6.07, 6.45) is 0. The number of hydrogen-bond acceptors (Lipinski definition) is 2. The molecule has 0 aliphatic carbocycles. The lowest BCUT2D eigenvalue weighted by molar-refractivity contribution is 0.471. The molecule has 1 aromatic carbocycles. The number of aryl methyl sites for hydroxylation is 1. The summed E-state index contributed by atoms with van der Waals surface area (Å²) < 4.78 is 44.1. The number of hydrogen-bond donors (Lipinski definition) is 1. The maximum Gasteiger partial charge on any atom is 0.297 e. The van der Waals surface area contributed by atoms with Crippen LogP contribution in [0.1, 0.15) is 31.9 Å². The van der Waals surface area contributed by atoms with Gasteiger partial charge in [0.1, 0.15) is 10.7 Å². The number of rotatable bonds is 1. The summed E-state index contributed by atoms with van der Waals surface area (Å²) in [5.74, 6) is -0.918. The molecule has 5 heteroatoms. The summed E-state index contributed by atoms with van der Waals surface area (Å²) in [5.41, 5.74) is 1.08. The molecule has 0 aliphatic heterocycles. The molecule has 0 bridgehead atoms. The lowest BCUT2D eigenvalue weighted by Gasteiger charge is -2.22. The normalized spacial score (nSPS) is 12.9. The van der Waals surface area contributed by atoms with Crippen molar-refractivity contribution >= 4 is 10.1 Å². The lowest BCUT2D eigenvalue weighted by atomic mass is 9.84. The molecule has 0 unspecified atom stereocenters. The molecule has 90 valence electrons. The van der Waals surface area contributed by atoms with Crippen molar-refractivity contribution in [3.8, 4) is 0 Å². The minimum Gasteiger partial charge on any atom is -0.282 e. The molecule has 0 saturated heterocycles. The van der Waals surface area contributed by atoms with E-state index in [1.54, 1.807) is 6.92 Å². The summed E-state index contributed by atoms with van der Waals surface area (Å²) >= 11 is 0. The highest BCUT2D eigenvalue weighted by Gasteiger charge is 2.22. The van der Waals surface area contributed by atoms with Gasteiger partial charge in [0.05, 0.1) is 0 Å². The van der Waals surface area contributed by atoms with E-state index in [9.17, 15) is 12.8 Å². The molecule has 0 heterocycles. The lowest BCUT2D eigenvalue weighted by Crippen LogP contribution is -2.15. The maximum absolute atomic E-state index is 13.5. The van der Waals surface area contributed by atoms with E-state index < -0.39 is 20.8 Å². The number of halogens is 1. The van der Waals surface area contributed by atoms with Gasteiger partial charge in [0.25, 0.3) is 10.1 Å². The minimum absolute atomic E-state index is 0.275. The molecule has 0 saturated carbocycles. The average molecular weight is 246 g/mol. The second kappa shape index (κ2) is 3.82. The zero-order chi connectivity index (χ0) is 12.7. The van der Waals surface area contributed by atoms with Crippen molar-refractivity contribution in [2.75, 3.05) is 0 Å². The molecule has 1 rings (SSSR count). The van der Waals surface area contributed by atoms with Crippen LogP contribution in [0.2, 0.25) is 0 Å². The SMILES string of the molecule is Cc1cc(S(=O)(=O)O)c(F)cc1C(C)(C)C. The fraction of sp³-hybridized carbons (Fsp3) is 0.455. The predicted molar refractivity (Wildman–Crippen MR) is 59.7 cm³/mol. The molecule has 0 aliphatic rings. The first kappa shape index (κ1) is 13.1. The van der Waals surface area contributed by atoms with Crippen molar-refractivity contribution < 1.29 is 17.4 Å². The summed E-state index contributed by atoms with van der Waals surface area (Å²) in [4.78, 5) is -0.669. The van der Waals surface area contributed by atoms with Gasteiger partial charge in [-0.15, -0.1) is 0 Å². The van der Waals surface area contributed by atoms with Gasteiger partial charge in [0.2, 0.25) is 0 Å². The minimum atomic E-state index is -4.49. The van der Waals surface area contributed by atoms with E-state index in [0.29, 0.717) is 5.56 Å². The fourth-order valence-electron chi connectivity index (χ4n) is 1.66. The predicted octanol–water partition coefficient (Wildman–Crippen LogP) is 2.68. The van der Waals surface area contributed by atoms with Crippen molar-refractivity contribution in [2.45, 2.75) is 38.0 Å². The van der Waals surface area contributed by atoms with E-state index in [1.165, 1.54) is 6.07 Å². The van der Waals surface area contributed by atoms with Gasteiger partial charge in [-0.3, -0.25) is 4.55 Å². The van der Waals surface area contributed by atoms with Crippen LogP contribution in [0.25, 0.3) is 0 Å². The van der Waals surface area contributed by atoms with Gasteiger partial charge in [-0.2, -0.15) is 8.42 Å². The Morgan fingerprint density at radius 3 is 2.12 bits per heavy atom. The fourth-order valence-corrected chi connectivity index (χ4v) is 2.29. The first-order valence-electron chi connectivity index (χ1n) is 4.81. The average Bonchev–Trinajstić information content (AvgIpc) is 2.04. The highest BCUT2D eigenvalue weighted by molar-refractivity contribution is 7.85. The molecule has 0 aromatic heterocycles. The van der Waals surface area contributed by atoms with Crippen LogP contribution in [0.5, 0.6) is 0 Å². The molecule has 0 amide bonds. The van der Waals surface area contributed by atoms with Crippen molar-refractivity contribution in [2.24, 2.45) is 0 Å². The van der Waals surface area contributed by atoms with Crippen LogP contribution in [-0.4, -0.2) is 13.0 Å². The van der Waals surface area contributed by atoms with Gasteiger partial charge in [0, 0.05) is 0 Å². The third kappa shape index (κ3) is 2.59. The van der Waals surface area contributed by atoms with Crippen molar-refractivity contribution in [1.82, 2.24) is 0 Å². The smallest absolute Gasteiger partial charge is 0.282 e. The van der Waals surface area contributed by atoms with Crippen LogP contribution in [0, 0.1) is 12.7 Å². The highest BCUT2D eigenvalue weighted by atomic mass is 32.2. The first-order chi connectivity index (χ1) is 7.03. The van der Waals surface area contributed by atoms with Crippen molar-refractivity contribution in [3.63, 3.8) is 0 Å². The second-order valence-corrected chi connectivity index (χ2v) is 6.21. The van der Waals surface area contributed by atoms with Gasteiger partial charge in [-0.25, -0.2) is 4.39 Å². The molecular formula is C11H15FO3S. The summed E-state index contributed by atoms with van der Waals surface area (Å²) in [6, 6.07) is 2.32. The van der Waals surface area contributed by atoms with Gasteiger partial charge in [0.15, 0.2) is 0 Å². The van der Waals surface area contributed by atoms with E-state index in [-0.39, 0.29) is 5.41 Å². The summed E-state index contributed by atoms with van der Waals surface area (Å²) in [5, 5.41) is 0. The molecule has 1 aromatic rings. The van der Waals surface area contributed by atoms with Crippen LogP contribution in [0.15, 0.2) is 17.0 Å². The summed E-state index contributed by atoms with van der Waals surface area (Å²) in [7, 11) is -4.49. The third-order valence-corrected chi connectivity index (χ3v) is 3.23. The Morgan fingerprint density at radius 2 is 1.75 bits per heavy atom. The van der Waals surface area contributed by atoms with E-state index in [0.717, 1.165) is 11.6 Å². The van der Waals surface area contributed by atoms with Crippen LogP contribution in [0.4, 0.5) is 4.39 Å². The molecule has 0 radical (unpaired) electrons. The zero-order valence-corrected chi connectivity index (χ0v) is 10.5. The van der Waals surface area contributed by atoms with Gasteiger partial charge in [-0.1, -0.05) is 20.8 Å². The second-order valence-electron chi connectivity index (χ2n) is 4.82. The Labute approximate surface area is 95.1 Å². The molecular weight excluding hydrogens is 231 g/mol. The van der Waals surface area contributed by atoms with Gasteiger partial charge >= 0.3 is 0 Å². The summed E-state index contributed by atoms with van der Waals surface area (Å²) in [6.45, 7) is 7.40. The van der Waals surface area contributed by atoms with E-state index in [1.807, 2.05) is 20.8 Å². The Bertz CT molecular complexity index is 513. The monoisotopic (exact) mass is 246 g/mol. The van der Waals surface area contributed by atoms with Crippen LogP contribution in [-0.2, 0) is 15.5 Å². The van der Waals surface area contributed by atoms with E-state index in [4.69, 9.17) is 4.55 Å². The van der Waals surface area contributed by atoms with Crippen LogP contribution < -0.4 is 0 Å². The highest BCUT2D eigenvalue weighted by Crippen LogP contribution is 2.29. The van der Waals surface area contributed by atoms with Crippen molar-refractivity contribution in [1.29, 1.82) is 0 Å². The molecule has 0 fully saturated rings. The topological polar surface area (TPSA) is 54.4 Å². The third-order valence-electron chi connectivity index (χ3n) is 2.36. The van der Waals surface area contributed by atoms with Gasteiger partial charge < -0.3 is 0 Å². The van der Waals surface area contributed by atoms with E-state index in [2.05, 4.69) is 0 Å². The largest absolute Gasteiger partial charge is 0.297 e. The van der Waals surface area contributed by atoms with Crippen LogP contribution in [0.3, 0.4) is 0 Å². The first-order valence-corrected chi connectivity index (χ1v) is 6.25. The molecule has 0 spiro atoms. The number of benzene rings is 1. The van der Waals surface area contributed by atoms with Crippen molar-refractivity contribution in [3.05, 3.63) is 29.1 Å². The van der Waals surface area contributed by atoms with Crippen LogP contribution >= 0.6 is 0 Å². The Hall–Kier alpha value is -0.940.